The summed E-state index contributed by atoms with van der Waals surface area (Å²) in [4.78, 5) is -2.56. The zero-order chi connectivity index (χ0) is 49.3. The van der Waals surface area contributed by atoms with Crippen molar-refractivity contribution in [2.45, 2.75) is 106 Å². The monoisotopic (exact) mass is 962 g/mol. The summed E-state index contributed by atoms with van der Waals surface area (Å²) in [6, 6.07) is 2.00. The van der Waals surface area contributed by atoms with Crippen molar-refractivity contribution < 1.29 is 97.3 Å². The second-order valence-electron chi connectivity index (χ2n) is 16.8. The molecule has 0 radical (unpaired) electrons. The average molecular weight is 963 g/mol. The Morgan fingerprint density at radius 3 is 1.16 bits per heavy atom. The zero-order valence-electron chi connectivity index (χ0n) is 34.0. The Labute approximate surface area is 351 Å². The topological polar surface area (TPSA) is 138 Å². The Morgan fingerprint density at radius 2 is 0.841 bits per heavy atom. The Balaban J connectivity index is 0.000000365. The predicted molar refractivity (Wildman–Crippen MR) is 196 cm³/mol. The van der Waals surface area contributed by atoms with Gasteiger partial charge in [0.1, 0.15) is 16.2 Å². The Kier molecular flexibility index (Phi) is 14.0. The molecule has 3 N–H and O–H groups in total. The van der Waals surface area contributed by atoms with Gasteiger partial charge in [0.15, 0.2) is 40.7 Å². The third kappa shape index (κ3) is 10.0. The lowest BCUT2D eigenvalue weighted by molar-refractivity contribution is -0.288. The van der Waals surface area contributed by atoms with E-state index in [1.165, 1.54) is 62.3 Å². The summed E-state index contributed by atoms with van der Waals surface area (Å²) in [5, 5.41) is 8.87. The predicted octanol–water partition coefficient (Wildman–Crippen LogP) is 11.5. The number of phenols is 1. The van der Waals surface area contributed by atoms with Gasteiger partial charge in [0.25, 0.3) is 20.2 Å². The lowest BCUT2D eigenvalue weighted by atomic mass is 9.72. The maximum Gasteiger partial charge on any atom is 0.411 e. The van der Waals surface area contributed by atoms with Gasteiger partial charge in [-0.25, -0.2) is 26.3 Å². The molecule has 350 valence electrons. The first-order chi connectivity index (χ1) is 28.0. The smallest absolute Gasteiger partial charge is 0.411 e. The number of hydrogen-bond donors (Lipinski definition) is 3. The summed E-state index contributed by atoms with van der Waals surface area (Å²) < 4.78 is 272. The highest BCUT2D eigenvalue weighted by molar-refractivity contribution is 7.86. The van der Waals surface area contributed by atoms with Crippen LogP contribution in [-0.4, -0.2) is 49.0 Å². The first kappa shape index (κ1) is 52.7. The van der Waals surface area contributed by atoms with Gasteiger partial charge in [0, 0.05) is 5.56 Å². The Morgan fingerprint density at radius 1 is 0.492 bits per heavy atom. The molecule has 0 aliphatic rings. The van der Waals surface area contributed by atoms with Crippen molar-refractivity contribution >= 4 is 20.2 Å². The second kappa shape index (κ2) is 16.7. The molecule has 0 fully saturated rings. The van der Waals surface area contributed by atoms with Gasteiger partial charge >= 0.3 is 12.4 Å². The van der Waals surface area contributed by atoms with E-state index >= 15 is 0 Å². The van der Waals surface area contributed by atoms with Crippen LogP contribution in [0.15, 0.2) is 46.2 Å². The molecule has 4 rings (SSSR count). The lowest BCUT2D eigenvalue weighted by Crippen LogP contribution is -2.55. The van der Waals surface area contributed by atoms with Crippen LogP contribution in [0, 0.1) is 46.5 Å². The minimum atomic E-state index is -6.23. The van der Waals surface area contributed by atoms with E-state index in [9.17, 15) is 87.4 Å². The fourth-order valence-electron chi connectivity index (χ4n) is 6.28. The molecule has 4 aromatic carbocycles. The summed E-state index contributed by atoms with van der Waals surface area (Å²) >= 11 is 0. The van der Waals surface area contributed by atoms with Gasteiger partial charge in [0.2, 0.25) is 17.0 Å². The normalized spacial score (nSPS) is 13.5. The maximum absolute atomic E-state index is 14.6. The van der Waals surface area contributed by atoms with Crippen molar-refractivity contribution in [2.24, 2.45) is 0 Å². The van der Waals surface area contributed by atoms with Gasteiger partial charge in [-0.05, 0) is 66.5 Å². The number of ether oxygens (including phenoxy) is 1. The van der Waals surface area contributed by atoms with Crippen molar-refractivity contribution in [3.8, 4) is 22.6 Å². The van der Waals surface area contributed by atoms with Gasteiger partial charge < -0.3 is 9.84 Å². The van der Waals surface area contributed by atoms with E-state index in [-0.39, 0.29) is 17.7 Å². The maximum atomic E-state index is 14.6. The third-order valence-electron chi connectivity index (χ3n) is 8.93. The molecule has 4 aromatic rings. The molecular weight excluding hydrogens is 927 g/mol. The van der Waals surface area contributed by atoms with Crippen LogP contribution in [0.3, 0.4) is 0 Å². The Bertz CT molecular complexity index is 2600. The third-order valence-corrected chi connectivity index (χ3v) is 10.7. The number of phenolic OH excluding ortho intramolecular Hbond substituents is 1. The van der Waals surface area contributed by atoms with Gasteiger partial charge in [-0.3, -0.25) is 9.11 Å². The fraction of sp³-hybridized carbons (Fsp3) is 0.385. The number of aromatic hydroxyl groups is 1. The molecule has 0 saturated carbocycles. The van der Waals surface area contributed by atoms with E-state index in [0.717, 1.165) is 0 Å². The van der Waals surface area contributed by atoms with Crippen molar-refractivity contribution in [3.63, 3.8) is 0 Å². The molecule has 24 heteroatoms. The van der Waals surface area contributed by atoms with Crippen LogP contribution in [0.1, 0.15) is 84.6 Å². The van der Waals surface area contributed by atoms with Crippen LogP contribution >= 0.6 is 0 Å². The molecule has 0 saturated heterocycles. The van der Waals surface area contributed by atoms with E-state index in [1.54, 1.807) is 0 Å². The first-order valence-electron chi connectivity index (χ1n) is 17.4. The van der Waals surface area contributed by atoms with Crippen LogP contribution in [0.4, 0.5) is 61.5 Å². The molecule has 0 aliphatic heterocycles. The lowest BCUT2D eigenvalue weighted by Gasteiger charge is -2.39. The quantitative estimate of drug-likeness (QED) is 0.0987. The molecular formula is C39H36F14O8S2. The summed E-state index contributed by atoms with van der Waals surface area (Å²) in [5.74, 6) is -20.7. The highest BCUT2D eigenvalue weighted by atomic mass is 32.2. The van der Waals surface area contributed by atoms with Crippen LogP contribution in [0.2, 0.25) is 0 Å². The minimum Gasteiger partial charge on any atom is -0.503 e. The number of benzene rings is 4. The Hall–Kier alpha value is -4.68. The van der Waals surface area contributed by atoms with E-state index < -0.39 is 150 Å². The fourth-order valence-corrected chi connectivity index (χ4v) is 7.84. The van der Waals surface area contributed by atoms with E-state index in [4.69, 9.17) is 9.84 Å². The summed E-state index contributed by atoms with van der Waals surface area (Å²) in [6.45, 7) is 12.2. The molecule has 0 aliphatic carbocycles. The average Bonchev–Trinajstić information content (AvgIpc) is 3.08. The highest BCUT2D eigenvalue weighted by Gasteiger charge is 2.73. The molecule has 0 unspecified atom stereocenters. The molecule has 0 aromatic heterocycles. The van der Waals surface area contributed by atoms with Crippen LogP contribution in [-0.2, 0) is 36.5 Å². The van der Waals surface area contributed by atoms with Gasteiger partial charge in [0.05, 0.1) is 16.0 Å². The molecule has 0 atom stereocenters. The van der Waals surface area contributed by atoms with E-state index in [2.05, 4.69) is 0 Å². The zero-order valence-corrected chi connectivity index (χ0v) is 35.6. The second-order valence-corrected chi connectivity index (χ2v) is 19.5. The van der Waals surface area contributed by atoms with Crippen molar-refractivity contribution in [1.82, 2.24) is 0 Å². The van der Waals surface area contributed by atoms with Crippen molar-refractivity contribution in [1.29, 1.82) is 0 Å². The van der Waals surface area contributed by atoms with Crippen LogP contribution < -0.4 is 4.74 Å². The van der Waals surface area contributed by atoms with Crippen LogP contribution in [0.5, 0.6) is 11.5 Å². The molecule has 8 nitrogen and oxygen atoms in total. The van der Waals surface area contributed by atoms with E-state index in [1.807, 2.05) is 0 Å². The first-order valence-corrected chi connectivity index (χ1v) is 20.3. The summed E-state index contributed by atoms with van der Waals surface area (Å²) in [5.41, 5.74) is -17.4. The molecule has 0 amide bonds. The number of halogens is 14. The van der Waals surface area contributed by atoms with Gasteiger partial charge in [-0.2, -0.15) is 52.0 Å². The standard InChI is InChI=1S/C23H26F6O7S2.C16H10F8O/c1-19(2,3)15-9-7-13(11-17(15)37(30,31)32)21(22(24,25)26,23(27,28)29)14-8-10-16(36-20(4,5)6)18(12-14)38(33,34)35;1-16(2,3)6-11(21)7(17)4(8(18)12(6)22)5-9(19)13(23)15(25)14(24)10(5)20/h7-12H,1-6H3,(H,30,31,32)(H,33,34,35);25H,1-3H3. The van der Waals surface area contributed by atoms with Crippen molar-refractivity contribution in [3.05, 3.63) is 105 Å². The molecule has 0 heterocycles. The summed E-state index contributed by atoms with van der Waals surface area (Å²) in [6.07, 6.45) is -12.5. The van der Waals surface area contributed by atoms with Gasteiger partial charge in [-0.15, -0.1) is 0 Å². The number of rotatable bonds is 6. The van der Waals surface area contributed by atoms with E-state index in [0.29, 0.717) is 24.3 Å². The van der Waals surface area contributed by atoms with Crippen molar-refractivity contribution in [2.75, 3.05) is 0 Å². The molecule has 0 bridgehead atoms. The molecule has 63 heavy (non-hydrogen) atoms. The number of hydrogen-bond acceptors (Lipinski definition) is 6. The minimum absolute atomic E-state index is 0.0256. The van der Waals surface area contributed by atoms with Gasteiger partial charge in [-0.1, -0.05) is 59.7 Å². The number of alkyl halides is 6. The highest BCUT2D eigenvalue weighted by Crippen LogP contribution is 2.57. The molecule has 0 spiro atoms. The summed E-state index contributed by atoms with van der Waals surface area (Å²) in [7, 11) is -10.7. The SMILES string of the molecule is CC(C)(C)Oc1ccc(C(c2ccc(C(C)(C)C)c(S(=O)(=O)O)c2)(C(F)(F)F)C(F)(F)F)cc1S(=O)(=O)O.CC(C)(C)c1c(F)c(F)c(-c2c(F)c(F)c(O)c(F)c2F)c(F)c1F. The van der Waals surface area contributed by atoms with Crippen LogP contribution in [0.25, 0.3) is 11.1 Å². The largest absolute Gasteiger partial charge is 0.503 e.